The molecule has 0 bridgehead atoms. The predicted molar refractivity (Wildman–Crippen MR) is 155 cm³/mol. The van der Waals surface area contributed by atoms with E-state index in [0.29, 0.717) is 32.4 Å². The lowest BCUT2D eigenvalue weighted by Crippen LogP contribution is -2.39. The van der Waals surface area contributed by atoms with Crippen molar-refractivity contribution >= 4 is 50.5 Å². The van der Waals surface area contributed by atoms with E-state index in [1.807, 2.05) is 0 Å². The number of hydrogen-bond acceptors (Lipinski definition) is 9. The monoisotopic (exact) mass is 680 g/mol. The number of nitrogens with one attached hydrogen (secondary N) is 1. The molecule has 0 spiro atoms. The Morgan fingerprint density at radius 3 is 2.44 bits per heavy atom. The van der Waals surface area contributed by atoms with E-state index in [-0.39, 0.29) is 40.3 Å². The standard InChI is InChI=1S/C27H21ClF4N6O2S2.CO2/c1-14-10-15(29)3-5-22(14)42(39,40)36-17-12-21-23(20-6-8-38(35-20)27(31)32)24(18-4-2-16(30)11-19(18)28)34-25(37(21)13-17)26-33-7-9-41-26;2-1-3/h2-11,17,24,27,36H,12-13H2,1H3;/t17-,24-;/m0./s1. The van der Waals surface area contributed by atoms with E-state index in [4.69, 9.17) is 26.2 Å². The van der Waals surface area contributed by atoms with E-state index < -0.39 is 40.3 Å². The summed E-state index contributed by atoms with van der Waals surface area (Å²) in [6, 6.07) is 7.08. The number of halogens is 5. The van der Waals surface area contributed by atoms with Crippen LogP contribution in [0.4, 0.5) is 17.6 Å². The fourth-order valence-corrected chi connectivity index (χ4v) is 7.59. The van der Waals surface area contributed by atoms with Crippen molar-refractivity contribution in [3.05, 3.63) is 104 Å². The van der Waals surface area contributed by atoms with Gasteiger partial charge in [0.15, 0.2) is 10.8 Å². The number of carbonyl (C=O) groups excluding carboxylic acids is 2. The normalized spacial score (nSPS) is 17.9. The van der Waals surface area contributed by atoms with Crippen molar-refractivity contribution in [2.45, 2.75) is 36.9 Å². The van der Waals surface area contributed by atoms with Crippen LogP contribution in [-0.4, -0.2) is 52.7 Å². The van der Waals surface area contributed by atoms with Gasteiger partial charge in [-0.3, -0.25) is 4.99 Å². The van der Waals surface area contributed by atoms with E-state index in [1.54, 1.807) is 16.5 Å². The summed E-state index contributed by atoms with van der Waals surface area (Å²) >= 11 is 7.78. The van der Waals surface area contributed by atoms with Gasteiger partial charge in [0.2, 0.25) is 10.0 Å². The first kappa shape index (κ1) is 32.2. The SMILES string of the molecule is Cc1cc(F)ccc1S(=O)(=O)N[C@H]1CC2=C(c3ccn(C(F)F)n3)[C@H](c3ccc(F)cc3Cl)N=C(c3nccs3)N2C1.O=C=O. The second kappa shape index (κ2) is 13.0. The van der Waals surface area contributed by atoms with Crippen molar-refractivity contribution in [1.29, 1.82) is 0 Å². The topological polar surface area (TPSA) is 127 Å². The molecule has 1 N–H and O–H groups in total. The molecule has 10 nitrogen and oxygen atoms in total. The summed E-state index contributed by atoms with van der Waals surface area (Å²) in [4.78, 5) is 27.3. The number of aromatic nitrogens is 3. The van der Waals surface area contributed by atoms with Gasteiger partial charge in [-0.1, -0.05) is 17.7 Å². The number of sulfonamides is 1. The van der Waals surface area contributed by atoms with Crippen LogP contribution in [-0.2, 0) is 19.6 Å². The van der Waals surface area contributed by atoms with E-state index in [1.165, 1.54) is 42.5 Å². The Kier molecular flexibility index (Phi) is 9.32. The molecule has 2 atom stereocenters. The first-order chi connectivity index (χ1) is 21.4. The highest BCUT2D eigenvalue weighted by Gasteiger charge is 2.42. The summed E-state index contributed by atoms with van der Waals surface area (Å²) in [5.74, 6) is -0.702. The lowest BCUT2D eigenvalue weighted by atomic mass is 9.92. The summed E-state index contributed by atoms with van der Waals surface area (Å²) in [6.45, 7) is -1.26. The summed E-state index contributed by atoms with van der Waals surface area (Å²) in [5, 5.41) is 6.44. The van der Waals surface area contributed by atoms with Crippen LogP contribution >= 0.6 is 22.9 Å². The Morgan fingerprint density at radius 2 is 1.82 bits per heavy atom. The highest BCUT2D eigenvalue weighted by Crippen LogP contribution is 2.46. The number of benzene rings is 2. The zero-order valence-corrected chi connectivity index (χ0v) is 25.4. The zero-order chi connectivity index (χ0) is 32.5. The zero-order valence-electron chi connectivity index (χ0n) is 23.0. The second-order valence-electron chi connectivity index (χ2n) is 9.80. The van der Waals surface area contributed by atoms with Crippen LogP contribution < -0.4 is 4.72 Å². The molecular weight excluding hydrogens is 660 g/mol. The average molecular weight is 681 g/mol. The van der Waals surface area contributed by atoms with Gasteiger partial charge in [-0.05, 0) is 48.9 Å². The van der Waals surface area contributed by atoms with Crippen LogP contribution in [0.15, 0.2) is 75.8 Å². The number of amidine groups is 1. The number of hydrogen-bond donors (Lipinski definition) is 1. The van der Waals surface area contributed by atoms with Crippen LogP contribution in [0.5, 0.6) is 0 Å². The molecule has 0 aliphatic carbocycles. The van der Waals surface area contributed by atoms with Gasteiger partial charge in [-0.25, -0.2) is 31.6 Å². The van der Waals surface area contributed by atoms with E-state index in [0.717, 1.165) is 24.4 Å². The predicted octanol–water partition coefficient (Wildman–Crippen LogP) is 5.36. The Hall–Kier alpha value is -4.21. The van der Waals surface area contributed by atoms with Gasteiger partial charge < -0.3 is 4.90 Å². The Labute approximate surface area is 262 Å². The summed E-state index contributed by atoms with van der Waals surface area (Å²) in [5.41, 5.74) is 1.82. The van der Waals surface area contributed by atoms with E-state index in [2.05, 4.69) is 14.8 Å². The van der Waals surface area contributed by atoms with Gasteiger partial charge in [-0.15, -0.1) is 11.3 Å². The molecule has 6 rings (SSSR count). The number of nitrogens with zero attached hydrogens (tertiary/aromatic N) is 5. The van der Waals surface area contributed by atoms with Gasteiger partial charge in [0.25, 0.3) is 0 Å². The lowest BCUT2D eigenvalue weighted by Gasteiger charge is -2.32. The Morgan fingerprint density at radius 1 is 1.11 bits per heavy atom. The highest BCUT2D eigenvalue weighted by atomic mass is 35.5. The second-order valence-corrected chi connectivity index (χ2v) is 12.8. The van der Waals surface area contributed by atoms with Gasteiger partial charge in [0.1, 0.15) is 17.7 Å². The molecule has 0 amide bonds. The van der Waals surface area contributed by atoms with Crippen molar-refractivity contribution in [2.75, 3.05) is 6.54 Å². The third kappa shape index (κ3) is 6.60. The lowest BCUT2D eigenvalue weighted by molar-refractivity contribution is -0.191. The molecule has 4 heterocycles. The van der Waals surface area contributed by atoms with Gasteiger partial charge in [-0.2, -0.15) is 23.5 Å². The fourth-order valence-electron chi connectivity index (χ4n) is 5.23. The quantitative estimate of drug-likeness (QED) is 0.261. The van der Waals surface area contributed by atoms with Crippen molar-refractivity contribution < 1.29 is 35.6 Å². The maximum atomic E-state index is 14.0. The third-order valence-electron chi connectivity index (χ3n) is 6.97. The summed E-state index contributed by atoms with van der Waals surface area (Å²) < 4.78 is 84.7. The first-order valence-electron chi connectivity index (χ1n) is 13.0. The molecule has 2 aliphatic heterocycles. The van der Waals surface area contributed by atoms with Crippen LogP contribution in [0.2, 0.25) is 5.02 Å². The number of aryl methyl sites for hydroxylation is 1. The molecule has 0 saturated carbocycles. The maximum Gasteiger partial charge on any atom is 0.373 e. The minimum absolute atomic E-state index is 0.0663. The molecular formula is C28H21ClF4N6O4S2. The van der Waals surface area contributed by atoms with Crippen LogP contribution in [0.3, 0.4) is 0 Å². The number of thiazole rings is 1. The smallest absolute Gasteiger partial charge is 0.326 e. The number of fused-ring (bicyclic) bond motifs is 1. The van der Waals surface area contributed by atoms with Crippen molar-refractivity contribution in [1.82, 2.24) is 24.4 Å². The van der Waals surface area contributed by atoms with E-state index >= 15 is 0 Å². The molecule has 2 aromatic carbocycles. The minimum atomic E-state index is -4.07. The Bertz CT molecular complexity index is 1940. The molecule has 17 heteroatoms. The largest absolute Gasteiger partial charge is 0.373 e. The molecule has 234 valence electrons. The van der Waals surface area contributed by atoms with Crippen LogP contribution in [0.25, 0.3) is 5.57 Å². The fraction of sp³-hybridized carbons (Fsp3) is 0.214. The minimum Gasteiger partial charge on any atom is -0.326 e. The van der Waals surface area contributed by atoms with Crippen molar-refractivity contribution in [3.63, 3.8) is 0 Å². The molecule has 4 aromatic rings. The molecule has 45 heavy (non-hydrogen) atoms. The molecule has 2 aromatic heterocycles. The molecule has 0 unspecified atom stereocenters. The van der Waals surface area contributed by atoms with Crippen LogP contribution in [0, 0.1) is 18.6 Å². The summed E-state index contributed by atoms with van der Waals surface area (Å²) in [6.07, 6.45) is 3.11. The number of alkyl halides is 2. The van der Waals surface area contributed by atoms with Crippen molar-refractivity contribution in [2.24, 2.45) is 4.99 Å². The maximum absolute atomic E-state index is 14.0. The number of aliphatic imine (C=N–C) groups is 1. The number of rotatable bonds is 7. The van der Waals surface area contributed by atoms with E-state index in [9.17, 15) is 26.0 Å². The average Bonchev–Trinajstić information content (AvgIpc) is 3.74. The molecule has 0 radical (unpaired) electrons. The van der Waals surface area contributed by atoms with Crippen molar-refractivity contribution in [3.8, 4) is 0 Å². The van der Waals surface area contributed by atoms with Gasteiger partial charge in [0.05, 0.1) is 10.6 Å². The van der Waals surface area contributed by atoms with Gasteiger partial charge >= 0.3 is 12.7 Å². The highest BCUT2D eigenvalue weighted by molar-refractivity contribution is 7.89. The Balaban J connectivity index is 0.00000128. The molecule has 1 saturated heterocycles. The molecule has 2 aliphatic rings. The summed E-state index contributed by atoms with van der Waals surface area (Å²) in [7, 11) is -4.07. The first-order valence-corrected chi connectivity index (χ1v) is 15.7. The van der Waals surface area contributed by atoms with Crippen LogP contribution in [0.1, 0.15) is 40.8 Å². The third-order valence-corrected chi connectivity index (χ3v) is 9.75. The molecule has 1 fully saturated rings. The van der Waals surface area contributed by atoms with Gasteiger partial charge in [0, 0.05) is 58.6 Å².